The standard InChI is InChI=1S/C13H13ClO3/c1-16-12-9-6-4-3-5-8(9)10(7-15)13(17-2)11(12)14/h3-6,15H,7H2,1-2H3. The maximum absolute atomic E-state index is 9.46. The third-order valence-corrected chi connectivity index (χ3v) is 3.08. The number of hydrogen-bond donors (Lipinski definition) is 1. The lowest BCUT2D eigenvalue weighted by atomic mass is 10.0. The van der Waals surface area contributed by atoms with Crippen LogP contribution in [0.25, 0.3) is 10.8 Å². The zero-order valence-electron chi connectivity index (χ0n) is 9.66. The summed E-state index contributed by atoms with van der Waals surface area (Å²) in [5.41, 5.74) is 0.675. The van der Waals surface area contributed by atoms with Gasteiger partial charge in [-0.1, -0.05) is 35.9 Å². The molecule has 1 N–H and O–H groups in total. The first-order valence-corrected chi connectivity index (χ1v) is 5.54. The van der Waals surface area contributed by atoms with E-state index in [-0.39, 0.29) is 6.61 Å². The normalized spacial score (nSPS) is 10.6. The third kappa shape index (κ3) is 1.81. The van der Waals surface area contributed by atoms with Crippen LogP contribution in [0.1, 0.15) is 5.56 Å². The predicted molar refractivity (Wildman–Crippen MR) is 68.0 cm³/mol. The van der Waals surface area contributed by atoms with Crippen molar-refractivity contribution in [3.8, 4) is 11.5 Å². The van der Waals surface area contributed by atoms with Crippen molar-refractivity contribution >= 4 is 22.4 Å². The molecule has 0 atom stereocenters. The van der Waals surface area contributed by atoms with Gasteiger partial charge in [0.15, 0.2) is 0 Å². The van der Waals surface area contributed by atoms with Crippen LogP contribution in [0.2, 0.25) is 5.02 Å². The molecule has 0 radical (unpaired) electrons. The maximum atomic E-state index is 9.46. The van der Waals surface area contributed by atoms with Crippen LogP contribution in [0.4, 0.5) is 0 Å². The summed E-state index contributed by atoms with van der Waals surface area (Å²) in [5, 5.41) is 11.6. The molecule has 90 valence electrons. The van der Waals surface area contributed by atoms with E-state index in [0.29, 0.717) is 22.1 Å². The van der Waals surface area contributed by atoms with Gasteiger partial charge in [-0.15, -0.1) is 0 Å². The van der Waals surface area contributed by atoms with Crippen LogP contribution in [0.3, 0.4) is 0 Å². The van der Waals surface area contributed by atoms with Gasteiger partial charge in [0.1, 0.15) is 16.5 Å². The number of halogens is 1. The van der Waals surface area contributed by atoms with Crippen molar-refractivity contribution < 1.29 is 14.6 Å². The molecule has 0 aliphatic heterocycles. The first-order valence-electron chi connectivity index (χ1n) is 5.16. The number of hydrogen-bond acceptors (Lipinski definition) is 3. The lowest BCUT2D eigenvalue weighted by Gasteiger charge is -2.16. The van der Waals surface area contributed by atoms with Gasteiger partial charge in [0.2, 0.25) is 0 Å². The maximum Gasteiger partial charge on any atom is 0.149 e. The van der Waals surface area contributed by atoms with Crippen molar-refractivity contribution in [1.82, 2.24) is 0 Å². The summed E-state index contributed by atoms with van der Waals surface area (Å²) in [6.45, 7) is -0.132. The predicted octanol–water partition coefficient (Wildman–Crippen LogP) is 3.00. The number of ether oxygens (including phenoxy) is 2. The molecule has 2 aromatic carbocycles. The number of methoxy groups -OCH3 is 2. The van der Waals surface area contributed by atoms with Crippen molar-refractivity contribution in [2.75, 3.05) is 14.2 Å². The minimum absolute atomic E-state index is 0.132. The van der Waals surface area contributed by atoms with Crippen LogP contribution in [0.15, 0.2) is 24.3 Å². The summed E-state index contributed by atoms with van der Waals surface area (Å²) in [4.78, 5) is 0. The zero-order valence-corrected chi connectivity index (χ0v) is 10.4. The second-order valence-corrected chi connectivity index (χ2v) is 3.94. The first-order chi connectivity index (χ1) is 8.24. The molecule has 0 amide bonds. The molecule has 0 heterocycles. The van der Waals surface area contributed by atoms with E-state index in [1.165, 1.54) is 7.11 Å². The number of rotatable bonds is 3. The van der Waals surface area contributed by atoms with Crippen LogP contribution in [-0.2, 0) is 6.61 Å². The number of benzene rings is 2. The minimum atomic E-state index is -0.132. The van der Waals surface area contributed by atoms with Gasteiger partial charge in [-0.2, -0.15) is 0 Å². The Bertz CT molecular complexity index is 552. The Morgan fingerprint density at radius 1 is 1.06 bits per heavy atom. The Hall–Kier alpha value is -1.45. The Morgan fingerprint density at radius 3 is 2.18 bits per heavy atom. The second kappa shape index (κ2) is 4.82. The van der Waals surface area contributed by atoms with Crippen LogP contribution in [0.5, 0.6) is 11.5 Å². The molecule has 0 aromatic heterocycles. The fourth-order valence-electron chi connectivity index (χ4n) is 1.99. The van der Waals surface area contributed by atoms with Crippen LogP contribution in [-0.4, -0.2) is 19.3 Å². The average Bonchev–Trinajstić information content (AvgIpc) is 2.37. The summed E-state index contributed by atoms with van der Waals surface area (Å²) in [6.07, 6.45) is 0. The lowest BCUT2D eigenvalue weighted by Crippen LogP contribution is -1.98. The summed E-state index contributed by atoms with van der Waals surface area (Å²) in [7, 11) is 3.08. The molecule has 2 aromatic rings. The van der Waals surface area contributed by atoms with E-state index in [1.54, 1.807) is 7.11 Å². The van der Waals surface area contributed by atoms with Crippen molar-refractivity contribution in [1.29, 1.82) is 0 Å². The van der Waals surface area contributed by atoms with E-state index in [4.69, 9.17) is 21.1 Å². The minimum Gasteiger partial charge on any atom is -0.495 e. The molecular formula is C13H13ClO3. The monoisotopic (exact) mass is 252 g/mol. The molecule has 0 spiro atoms. The van der Waals surface area contributed by atoms with Gasteiger partial charge in [-0.05, 0) is 5.39 Å². The molecule has 0 unspecified atom stereocenters. The third-order valence-electron chi connectivity index (χ3n) is 2.74. The van der Waals surface area contributed by atoms with Gasteiger partial charge >= 0.3 is 0 Å². The molecule has 0 aliphatic rings. The second-order valence-electron chi connectivity index (χ2n) is 3.56. The fraction of sp³-hybridized carbons (Fsp3) is 0.231. The molecular weight excluding hydrogens is 240 g/mol. The first kappa shape index (κ1) is 12.0. The molecule has 3 nitrogen and oxygen atoms in total. The topological polar surface area (TPSA) is 38.7 Å². The van der Waals surface area contributed by atoms with Crippen LogP contribution in [0, 0.1) is 0 Å². The SMILES string of the molecule is COc1c(Cl)c(OC)c2ccccc2c1CO. The molecule has 4 heteroatoms. The van der Waals surface area contributed by atoms with Gasteiger partial charge in [-0.3, -0.25) is 0 Å². The smallest absolute Gasteiger partial charge is 0.149 e. The van der Waals surface area contributed by atoms with Gasteiger partial charge < -0.3 is 14.6 Å². The van der Waals surface area contributed by atoms with Gasteiger partial charge in [0.25, 0.3) is 0 Å². The van der Waals surface area contributed by atoms with E-state index in [1.807, 2.05) is 24.3 Å². The van der Waals surface area contributed by atoms with Gasteiger partial charge in [0, 0.05) is 10.9 Å². The molecule has 2 rings (SSSR count). The Labute approximate surface area is 105 Å². The summed E-state index contributed by atoms with van der Waals surface area (Å²) >= 11 is 6.21. The van der Waals surface area contributed by atoms with Gasteiger partial charge in [-0.25, -0.2) is 0 Å². The van der Waals surface area contributed by atoms with Gasteiger partial charge in [0.05, 0.1) is 20.8 Å². The Kier molecular flexibility index (Phi) is 3.41. The number of aliphatic hydroxyl groups is 1. The molecule has 0 aliphatic carbocycles. The van der Waals surface area contributed by atoms with E-state index in [2.05, 4.69) is 0 Å². The van der Waals surface area contributed by atoms with Crippen molar-refractivity contribution in [2.45, 2.75) is 6.61 Å². The van der Waals surface area contributed by atoms with E-state index < -0.39 is 0 Å². The van der Waals surface area contributed by atoms with Crippen molar-refractivity contribution in [3.63, 3.8) is 0 Å². The highest BCUT2D eigenvalue weighted by Crippen LogP contribution is 2.44. The summed E-state index contributed by atoms with van der Waals surface area (Å²) in [6, 6.07) is 7.60. The molecule has 0 saturated carbocycles. The largest absolute Gasteiger partial charge is 0.495 e. The quantitative estimate of drug-likeness (QED) is 0.913. The van der Waals surface area contributed by atoms with Crippen molar-refractivity contribution in [3.05, 3.63) is 34.9 Å². The molecule has 0 bridgehead atoms. The Balaban J connectivity index is 2.93. The van der Waals surface area contributed by atoms with Crippen LogP contribution >= 0.6 is 11.6 Å². The van der Waals surface area contributed by atoms with Crippen LogP contribution < -0.4 is 9.47 Å². The Morgan fingerprint density at radius 2 is 1.65 bits per heavy atom. The highest BCUT2D eigenvalue weighted by atomic mass is 35.5. The lowest BCUT2D eigenvalue weighted by molar-refractivity contribution is 0.275. The van der Waals surface area contributed by atoms with E-state index in [0.717, 1.165) is 10.8 Å². The highest BCUT2D eigenvalue weighted by molar-refractivity contribution is 6.35. The summed E-state index contributed by atoms with van der Waals surface area (Å²) in [5.74, 6) is 1.03. The fourth-order valence-corrected chi connectivity index (χ4v) is 2.36. The number of fused-ring (bicyclic) bond motifs is 1. The van der Waals surface area contributed by atoms with Crippen molar-refractivity contribution in [2.24, 2.45) is 0 Å². The number of aliphatic hydroxyl groups excluding tert-OH is 1. The molecule has 0 saturated heterocycles. The molecule has 17 heavy (non-hydrogen) atoms. The summed E-state index contributed by atoms with van der Waals surface area (Å²) < 4.78 is 10.6. The van der Waals surface area contributed by atoms with E-state index >= 15 is 0 Å². The van der Waals surface area contributed by atoms with E-state index in [9.17, 15) is 5.11 Å². The zero-order chi connectivity index (χ0) is 12.4. The average molecular weight is 253 g/mol. The highest BCUT2D eigenvalue weighted by Gasteiger charge is 2.18. The molecule has 0 fully saturated rings.